The van der Waals surface area contributed by atoms with Crippen molar-refractivity contribution in [2.45, 2.75) is 0 Å². The van der Waals surface area contributed by atoms with Gasteiger partial charge in [0.25, 0.3) is 5.91 Å². The SMILES string of the molecule is O=C(Nc1cnc(Cl)c(Br)c1)c1ccc(Br)cc1. The van der Waals surface area contributed by atoms with Crippen LogP contribution in [0.25, 0.3) is 0 Å². The topological polar surface area (TPSA) is 42.0 Å². The van der Waals surface area contributed by atoms with Crippen molar-refractivity contribution in [3.63, 3.8) is 0 Å². The molecular formula is C12H7Br2ClN2O. The maximum Gasteiger partial charge on any atom is 0.255 e. The van der Waals surface area contributed by atoms with Crippen LogP contribution in [0.5, 0.6) is 0 Å². The Morgan fingerprint density at radius 3 is 2.50 bits per heavy atom. The monoisotopic (exact) mass is 388 g/mol. The molecule has 2 aromatic rings. The Hall–Kier alpha value is -0.910. The second-order valence-corrected chi connectivity index (χ2v) is 5.59. The molecule has 0 spiro atoms. The fourth-order valence-electron chi connectivity index (χ4n) is 1.29. The Bertz CT molecular complexity index is 587. The van der Waals surface area contributed by atoms with Crippen LogP contribution in [-0.4, -0.2) is 10.9 Å². The normalized spacial score (nSPS) is 10.2. The molecule has 0 unspecified atom stereocenters. The van der Waals surface area contributed by atoms with Gasteiger partial charge in [0.1, 0.15) is 5.15 Å². The van der Waals surface area contributed by atoms with E-state index >= 15 is 0 Å². The van der Waals surface area contributed by atoms with Crippen LogP contribution in [0, 0.1) is 0 Å². The van der Waals surface area contributed by atoms with E-state index < -0.39 is 0 Å². The van der Waals surface area contributed by atoms with Crippen molar-refractivity contribution in [1.29, 1.82) is 0 Å². The van der Waals surface area contributed by atoms with Crippen molar-refractivity contribution in [3.8, 4) is 0 Å². The Morgan fingerprint density at radius 2 is 1.89 bits per heavy atom. The van der Waals surface area contributed by atoms with Gasteiger partial charge in [-0.2, -0.15) is 0 Å². The third-order valence-electron chi connectivity index (χ3n) is 2.16. The van der Waals surface area contributed by atoms with Crippen molar-refractivity contribution >= 4 is 55.1 Å². The molecule has 3 nitrogen and oxygen atoms in total. The molecule has 1 aromatic carbocycles. The van der Waals surface area contributed by atoms with Gasteiger partial charge in [-0.15, -0.1) is 0 Å². The predicted molar refractivity (Wildman–Crippen MR) is 79.0 cm³/mol. The minimum atomic E-state index is -0.196. The highest BCUT2D eigenvalue weighted by atomic mass is 79.9. The second kappa shape index (κ2) is 5.82. The molecule has 0 bridgehead atoms. The minimum Gasteiger partial charge on any atom is -0.321 e. The van der Waals surface area contributed by atoms with Crippen molar-refractivity contribution < 1.29 is 4.79 Å². The first-order valence-corrected chi connectivity index (χ1v) is 6.90. The summed E-state index contributed by atoms with van der Waals surface area (Å²) in [5, 5.41) is 3.10. The molecule has 1 aromatic heterocycles. The van der Waals surface area contributed by atoms with Crippen LogP contribution < -0.4 is 5.32 Å². The van der Waals surface area contributed by atoms with E-state index in [1.807, 2.05) is 12.1 Å². The lowest BCUT2D eigenvalue weighted by atomic mass is 10.2. The number of aromatic nitrogens is 1. The van der Waals surface area contributed by atoms with E-state index in [2.05, 4.69) is 42.2 Å². The molecule has 0 saturated heterocycles. The highest BCUT2D eigenvalue weighted by molar-refractivity contribution is 9.10. The van der Waals surface area contributed by atoms with Crippen molar-refractivity contribution in [2.75, 3.05) is 5.32 Å². The summed E-state index contributed by atoms with van der Waals surface area (Å²) in [6, 6.07) is 8.79. The zero-order chi connectivity index (χ0) is 13.1. The van der Waals surface area contributed by atoms with Crippen LogP contribution >= 0.6 is 43.5 Å². The summed E-state index contributed by atoms with van der Waals surface area (Å²) < 4.78 is 1.56. The first-order valence-electron chi connectivity index (χ1n) is 4.94. The van der Waals surface area contributed by atoms with Gasteiger partial charge >= 0.3 is 0 Å². The summed E-state index contributed by atoms with van der Waals surface area (Å²) in [5.74, 6) is -0.196. The number of amides is 1. The van der Waals surface area contributed by atoms with Crippen LogP contribution in [0.15, 0.2) is 45.5 Å². The Morgan fingerprint density at radius 1 is 1.22 bits per heavy atom. The fourth-order valence-corrected chi connectivity index (χ4v) is 2.01. The number of pyridine rings is 1. The molecule has 0 radical (unpaired) electrons. The first-order chi connectivity index (χ1) is 8.56. The van der Waals surface area contributed by atoms with Crippen LogP contribution in [0.1, 0.15) is 10.4 Å². The van der Waals surface area contributed by atoms with Gasteiger partial charge in [0, 0.05) is 10.0 Å². The zero-order valence-corrected chi connectivity index (χ0v) is 12.9. The van der Waals surface area contributed by atoms with Crippen molar-refractivity contribution in [1.82, 2.24) is 4.98 Å². The molecule has 1 N–H and O–H groups in total. The van der Waals surface area contributed by atoms with E-state index in [1.54, 1.807) is 18.2 Å². The lowest BCUT2D eigenvalue weighted by molar-refractivity contribution is 0.102. The van der Waals surface area contributed by atoms with E-state index in [-0.39, 0.29) is 5.91 Å². The van der Waals surface area contributed by atoms with Gasteiger partial charge in [-0.1, -0.05) is 27.5 Å². The predicted octanol–water partition coefficient (Wildman–Crippen LogP) is 4.51. The number of rotatable bonds is 2. The summed E-state index contributed by atoms with van der Waals surface area (Å²) in [7, 11) is 0. The molecule has 0 fully saturated rings. The van der Waals surface area contributed by atoms with E-state index in [0.29, 0.717) is 20.9 Å². The van der Waals surface area contributed by atoms with Crippen LogP contribution in [0.2, 0.25) is 5.15 Å². The Labute approximate surface area is 126 Å². The highest BCUT2D eigenvalue weighted by Crippen LogP contribution is 2.23. The van der Waals surface area contributed by atoms with Crippen LogP contribution in [0.3, 0.4) is 0 Å². The van der Waals surface area contributed by atoms with E-state index in [1.165, 1.54) is 6.20 Å². The molecule has 2 rings (SSSR count). The molecule has 0 aliphatic carbocycles. The number of anilines is 1. The van der Waals surface area contributed by atoms with Gasteiger partial charge in [-0.05, 0) is 46.3 Å². The molecule has 92 valence electrons. The van der Waals surface area contributed by atoms with E-state index in [4.69, 9.17) is 11.6 Å². The molecular weight excluding hydrogens is 383 g/mol. The third kappa shape index (κ3) is 3.31. The quantitative estimate of drug-likeness (QED) is 0.767. The molecule has 0 atom stereocenters. The number of hydrogen-bond acceptors (Lipinski definition) is 2. The Kier molecular flexibility index (Phi) is 4.37. The zero-order valence-electron chi connectivity index (χ0n) is 8.95. The number of nitrogens with one attached hydrogen (secondary N) is 1. The molecule has 6 heteroatoms. The number of nitrogens with zero attached hydrogens (tertiary/aromatic N) is 1. The standard InChI is InChI=1S/C12H7Br2ClN2O/c13-8-3-1-7(2-4-8)12(18)17-9-5-10(14)11(15)16-6-9/h1-6H,(H,17,18). The van der Waals surface area contributed by atoms with Gasteiger partial charge in [0.2, 0.25) is 0 Å². The summed E-state index contributed by atoms with van der Waals surface area (Å²) in [5.41, 5.74) is 1.16. The van der Waals surface area contributed by atoms with Gasteiger partial charge in [0.05, 0.1) is 16.4 Å². The minimum absolute atomic E-state index is 0.196. The summed E-state index contributed by atoms with van der Waals surface area (Å²) in [4.78, 5) is 15.9. The number of carbonyl (C=O) groups is 1. The van der Waals surface area contributed by atoms with Gasteiger partial charge in [0.15, 0.2) is 0 Å². The van der Waals surface area contributed by atoms with E-state index in [9.17, 15) is 4.79 Å². The van der Waals surface area contributed by atoms with Gasteiger partial charge in [-0.25, -0.2) is 4.98 Å². The molecule has 1 heterocycles. The largest absolute Gasteiger partial charge is 0.321 e. The lowest BCUT2D eigenvalue weighted by Crippen LogP contribution is -2.11. The number of hydrogen-bond donors (Lipinski definition) is 1. The maximum absolute atomic E-state index is 11.9. The maximum atomic E-state index is 11.9. The van der Waals surface area contributed by atoms with Crippen LogP contribution in [0.4, 0.5) is 5.69 Å². The first kappa shape index (κ1) is 13.5. The fraction of sp³-hybridized carbons (Fsp3) is 0. The third-order valence-corrected chi connectivity index (χ3v) is 3.82. The molecule has 18 heavy (non-hydrogen) atoms. The smallest absolute Gasteiger partial charge is 0.255 e. The van der Waals surface area contributed by atoms with E-state index in [0.717, 1.165) is 4.47 Å². The Balaban J connectivity index is 2.16. The molecule has 0 aliphatic rings. The number of halogens is 3. The van der Waals surface area contributed by atoms with Crippen LogP contribution in [-0.2, 0) is 0 Å². The van der Waals surface area contributed by atoms with Crippen molar-refractivity contribution in [2.24, 2.45) is 0 Å². The number of carbonyl (C=O) groups excluding carboxylic acids is 1. The molecule has 0 saturated carbocycles. The van der Waals surface area contributed by atoms with Gasteiger partial charge in [-0.3, -0.25) is 4.79 Å². The van der Waals surface area contributed by atoms with Crippen molar-refractivity contribution in [3.05, 3.63) is 56.2 Å². The highest BCUT2D eigenvalue weighted by Gasteiger charge is 2.07. The number of benzene rings is 1. The second-order valence-electron chi connectivity index (χ2n) is 3.46. The summed E-state index contributed by atoms with van der Waals surface area (Å²) in [6.07, 6.45) is 1.50. The summed E-state index contributed by atoms with van der Waals surface area (Å²) in [6.45, 7) is 0. The molecule has 1 amide bonds. The lowest BCUT2D eigenvalue weighted by Gasteiger charge is -2.06. The average Bonchev–Trinajstić information content (AvgIpc) is 2.34. The van der Waals surface area contributed by atoms with Gasteiger partial charge < -0.3 is 5.32 Å². The molecule has 0 aliphatic heterocycles. The summed E-state index contributed by atoms with van der Waals surface area (Å²) >= 11 is 12.3. The average molecular weight is 390 g/mol.